The Morgan fingerprint density at radius 3 is 2.42 bits per heavy atom. The molecule has 3 rings (SSSR count). The molecule has 0 spiro atoms. The van der Waals surface area contributed by atoms with Crippen molar-refractivity contribution in [1.29, 1.82) is 0 Å². The van der Waals surface area contributed by atoms with Crippen LogP contribution in [-0.4, -0.2) is 32.7 Å². The second-order valence-corrected chi connectivity index (χ2v) is 10.9. The van der Waals surface area contributed by atoms with Crippen LogP contribution in [0.4, 0.5) is 5.69 Å². The second kappa shape index (κ2) is 8.91. The highest BCUT2D eigenvalue weighted by molar-refractivity contribution is 7.92. The molecule has 0 aliphatic carbocycles. The minimum absolute atomic E-state index is 0.0903. The molecule has 0 radical (unpaired) electrons. The van der Waals surface area contributed by atoms with Gasteiger partial charge in [-0.2, -0.15) is 0 Å². The number of carbonyl (C=O) groups is 1. The molecule has 0 aromatic heterocycles. The summed E-state index contributed by atoms with van der Waals surface area (Å²) in [5.74, 6) is 0.710. The van der Waals surface area contributed by atoms with Crippen LogP contribution < -0.4 is 14.4 Å². The van der Waals surface area contributed by atoms with Gasteiger partial charge in [0.05, 0.1) is 18.0 Å². The molecule has 0 fully saturated rings. The van der Waals surface area contributed by atoms with Gasteiger partial charge >= 0.3 is 0 Å². The summed E-state index contributed by atoms with van der Waals surface area (Å²) in [6.07, 6.45) is 2.54. The van der Waals surface area contributed by atoms with E-state index in [1.54, 1.807) is 12.1 Å². The summed E-state index contributed by atoms with van der Waals surface area (Å²) >= 11 is 0. The molecule has 0 unspecified atom stereocenters. The number of hydrogen-bond acceptors (Lipinski definition) is 4. The molecule has 1 aliphatic heterocycles. The quantitative estimate of drug-likeness (QED) is 0.692. The monoisotopic (exact) mass is 444 g/mol. The lowest BCUT2D eigenvalue weighted by Gasteiger charge is -2.38. The summed E-state index contributed by atoms with van der Waals surface area (Å²) in [7, 11) is -3.43. The zero-order chi connectivity index (χ0) is 22.8. The average molecular weight is 445 g/mol. The van der Waals surface area contributed by atoms with Crippen LogP contribution in [0.15, 0.2) is 42.5 Å². The van der Waals surface area contributed by atoms with Gasteiger partial charge in [0.25, 0.3) is 0 Å². The number of aryl methyl sites for hydroxylation is 2. The number of benzene rings is 2. The maximum absolute atomic E-state index is 12.7. The lowest BCUT2D eigenvalue weighted by atomic mass is 9.89. The highest BCUT2D eigenvalue weighted by Crippen LogP contribution is 2.39. The number of fused-ring (bicyclic) bond motifs is 1. The standard InChI is InChI=1S/C24H32N2O4S/c1-17-8-11-19(12-9-17)26(31(5,28)29)14-6-7-23(27)25-21-16-24(3,4)30-22-13-10-18(2)15-20(21)22/h8-13,15,21H,6-7,14,16H2,1-5H3,(H,25,27)/t21-/m1/s1. The number of sulfonamides is 1. The van der Waals surface area contributed by atoms with Crippen molar-refractivity contribution < 1.29 is 17.9 Å². The molecule has 0 bridgehead atoms. The predicted octanol–water partition coefficient (Wildman–Crippen LogP) is 4.27. The third-order valence-corrected chi connectivity index (χ3v) is 6.64. The van der Waals surface area contributed by atoms with E-state index in [2.05, 4.69) is 11.4 Å². The highest BCUT2D eigenvalue weighted by Gasteiger charge is 2.34. The molecule has 2 aromatic rings. The molecule has 31 heavy (non-hydrogen) atoms. The number of rotatable bonds is 7. The van der Waals surface area contributed by atoms with Crippen LogP contribution in [0.25, 0.3) is 0 Å². The lowest BCUT2D eigenvalue weighted by Crippen LogP contribution is -2.41. The summed E-state index contributed by atoms with van der Waals surface area (Å²) in [5, 5.41) is 3.13. The number of amides is 1. The fourth-order valence-electron chi connectivity index (χ4n) is 3.95. The zero-order valence-electron chi connectivity index (χ0n) is 18.9. The Morgan fingerprint density at radius 1 is 1.13 bits per heavy atom. The van der Waals surface area contributed by atoms with Gasteiger partial charge in [-0.3, -0.25) is 9.10 Å². The minimum Gasteiger partial charge on any atom is -0.487 e. The summed E-state index contributed by atoms with van der Waals surface area (Å²) in [5.41, 5.74) is 3.41. The van der Waals surface area contributed by atoms with E-state index in [1.807, 2.05) is 52.0 Å². The molecular formula is C24H32N2O4S. The normalized spacial score (nSPS) is 17.4. The topological polar surface area (TPSA) is 75.7 Å². The van der Waals surface area contributed by atoms with Crippen molar-refractivity contribution >= 4 is 21.6 Å². The van der Waals surface area contributed by atoms with Crippen LogP contribution in [0.3, 0.4) is 0 Å². The molecule has 1 aliphatic rings. The van der Waals surface area contributed by atoms with Crippen molar-refractivity contribution in [2.45, 2.75) is 58.6 Å². The van der Waals surface area contributed by atoms with Crippen molar-refractivity contribution in [2.24, 2.45) is 0 Å². The van der Waals surface area contributed by atoms with Gasteiger partial charge in [-0.25, -0.2) is 8.42 Å². The Hall–Kier alpha value is -2.54. The Labute approximate surface area is 185 Å². The largest absolute Gasteiger partial charge is 0.487 e. The number of nitrogens with one attached hydrogen (secondary N) is 1. The van der Waals surface area contributed by atoms with E-state index in [1.165, 1.54) is 10.6 Å². The maximum Gasteiger partial charge on any atom is 0.232 e. The molecule has 0 saturated carbocycles. The van der Waals surface area contributed by atoms with E-state index in [9.17, 15) is 13.2 Å². The molecule has 0 saturated heterocycles. The van der Waals surface area contributed by atoms with Gasteiger partial charge < -0.3 is 10.1 Å². The smallest absolute Gasteiger partial charge is 0.232 e. The number of carbonyl (C=O) groups excluding carboxylic acids is 1. The third kappa shape index (κ3) is 6.00. The van der Waals surface area contributed by atoms with Crippen LogP contribution in [0, 0.1) is 13.8 Å². The van der Waals surface area contributed by atoms with Crippen LogP contribution in [-0.2, 0) is 14.8 Å². The zero-order valence-corrected chi connectivity index (χ0v) is 19.8. The van der Waals surface area contributed by atoms with E-state index < -0.39 is 10.0 Å². The summed E-state index contributed by atoms with van der Waals surface area (Å²) in [6, 6.07) is 13.2. The lowest BCUT2D eigenvalue weighted by molar-refractivity contribution is -0.122. The Kier molecular flexibility index (Phi) is 6.65. The Morgan fingerprint density at radius 2 is 1.77 bits per heavy atom. The molecule has 1 amide bonds. The van der Waals surface area contributed by atoms with Gasteiger partial charge in [0.15, 0.2) is 0 Å². The molecule has 168 valence electrons. The number of anilines is 1. The van der Waals surface area contributed by atoms with Gasteiger partial charge in [0, 0.05) is 24.9 Å². The van der Waals surface area contributed by atoms with E-state index in [4.69, 9.17) is 4.74 Å². The SMILES string of the molecule is Cc1ccc(N(CCCC(=O)N[C@@H]2CC(C)(C)Oc3ccc(C)cc32)S(C)(=O)=O)cc1. The van der Waals surface area contributed by atoms with Crippen molar-refractivity contribution in [3.05, 3.63) is 59.2 Å². The average Bonchev–Trinajstić information content (AvgIpc) is 2.65. The first-order chi connectivity index (χ1) is 14.4. The van der Waals surface area contributed by atoms with Crippen LogP contribution >= 0.6 is 0 Å². The second-order valence-electron chi connectivity index (χ2n) is 9.00. The van der Waals surface area contributed by atoms with E-state index in [-0.39, 0.29) is 30.5 Å². The molecule has 1 atom stereocenters. The van der Waals surface area contributed by atoms with Gasteiger partial charge in [-0.1, -0.05) is 35.4 Å². The fourth-order valence-corrected chi connectivity index (χ4v) is 4.92. The summed E-state index contributed by atoms with van der Waals surface area (Å²) < 4.78 is 31.9. The predicted molar refractivity (Wildman–Crippen MR) is 124 cm³/mol. The first-order valence-corrected chi connectivity index (χ1v) is 12.4. The van der Waals surface area contributed by atoms with Gasteiger partial charge in [0.1, 0.15) is 11.4 Å². The first kappa shape index (κ1) is 23.1. The molecule has 6 nitrogen and oxygen atoms in total. The summed E-state index contributed by atoms with van der Waals surface area (Å²) in [6.45, 7) is 8.26. The highest BCUT2D eigenvalue weighted by atomic mass is 32.2. The number of nitrogens with zero attached hydrogens (tertiary/aromatic N) is 1. The Bertz CT molecular complexity index is 1050. The van der Waals surface area contributed by atoms with Crippen molar-refractivity contribution in [3.63, 3.8) is 0 Å². The summed E-state index contributed by atoms with van der Waals surface area (Å²) in [4.78, 5) is 12.7. The molecule has 2 aromatic carbocycles. The van der Waals surface area contributed by atoms with E-state index in [0.717, 1.165) is 22.4 Å². The van der Waals surface area contributed by atoms with Gasteiger partial charge in [-0.15, -0.1) is 0 Å². The van der Waals surface area contributed by atoms with Crippen LogP contribution in [0.1, 0.15) is 55.8 Å². The van der Waals surface area contributed by atoms with E-state index in [0.29, 0.717) is 18.5 Å². The van der Waals surface area contributed by atoms with Crippen molar-refractivity contribution in [1.82, 2.24) is 5.32 Å². The van der Waals surface area contributed by atoms with Crippen molar-refractivity contribution in [3.8, 4) is 5.75 Å². The molecule has 7 heteroatoms. The van der Waals surface area contributed by atoms with E-state index >= 15 is 0 Å². The van der Waals surface area contributed by atoms with Gasteiger partial charge in [-0.05, 0) is 52.3 Å². The molecule has 1 heterocycles. The maximum atomic E-state index is 12.7. The first-order valence-electron chi connectivity index (χ1n) is 10.6. The fraction of sp³-hybridized carbons (Fsp3) is 0.458. The van der Waals surface area contributed by atoms with Crippen molar-refractivity contribution in [2.75, 3.05) is 17.1 Å². The Balaban J connectivity index is 1.64. The minimum atomic E-state index is -3.43. The van der Waals surface area contributed by atoms with Gasteiger partial charge in [0.2, 0.25) is 15.9 Å². The molecule has 1 N–H and O–H groups in total. The third-order valence-electron chi connectivity index (χ3n) is 5.45. The van der Waals surface area contributed by atoms with Crippen LogP contribution in [0.2, 0.25) is 0 Å². The number of hydrogen-bond donors (Lipinski definition) is 1. The van der Waals surface area contributed by atoms with Crippen LogP contribution in [0.5, 0.6) is 5.75 Å². The number of ether oxygens (including phenoxy) is 1. The molecular weight excluding hydrogens is 412 g/mol.